The predicted octanol–water partition coefficient (Wildman–Crippen LogP) is 4.39. The van der Waals surface area contributed by atoms with E-state index in [1.165, 1.54) is 30.5 Å². The molecule has 1 aliphatic rings. The van der Waals surface area contributed by atoms with Crippen LogP contribution in [-0.4, -0.2) is 28.9 Å². The second-order valence-corrected chi connectivity index (χ2v) is 7.00. The third-order valence-electron chi connectivity index (χ3n) is 3.76. The van der Waals surface area contributed by atoms with Gasteiger partial charge in [0.15, 0.2) is 0 Å². The lowest BCUT2D eigenvalue weighted by atomic mass is 10.2. The number of rotatable bonds is 5. The molecule has 1 aromatic carbocycles. The van der Waals surface area contributed by atoms with Gasteiger partial charge in [0, 0.05) is 36.5 Å². The number of anilines is 2. The van der Waals surface area contributed by atoms with Crippen LogP contribution < -0.4 is 15.0 Å². The van der Waals surface area contributed by atoms with Crippen molar-refractivity contribution in [3.8, 4) is 5.75 Å². The Bertz CT molecular complexity index is 875. The zero-order valence-electron chi connectivity index (χ0n) is 13.7. The number of ether oxygens (including phenoxy) is 1. The Morgan fingerprint density at radius 3 is 2.59 bits per heavy atom. The summed E-state index contributed by atoms with van der Waals surface area (Å²) in [5.74, 6) is -0.126. The van der Waals surface area contributed by atoms with E-state index in [2.05, 4.69) is 31.0 Å². The number of pyridine rings is 1. The average Bonchev–Trinajstić information content (AvgIpc) is 3.01. The SMILES string of the molecule is O=C(Nc1ccc(OC(F)(F)Cl)cc1)c1cnc(N2CCCC2=O)c(Br)c1. The molecule has 1 aliphatic heterocycles. The van der Waals surface area contributed by atoms with Gasteiger partial charge in [-0.15, -0.1) is 8.78 Å². The number of aromatic nitrogens is 1. The molecule has 1 saturated heterocycles. The topological polar surface area (TPSA) is 71.5 Å². The second kappa shape index (κ2) is 7.77. The molecule has 2 amide bonds. The van der Waals surface area contributed by atoms with E-state index < -0.39 is 11.5 Å². The summed E-state index contributed by atoms with van der Waals surface area (Å²) in [7, 11) is 0. The van der Waals surface area contributed by atoms with Crippen LogP contribution in [0.15, 0.2) is 41.0 Å². The van der Waals surface area contributed by atoms with E-state index in [-0.39, 0.29) is 17.2 Å². The van der Waals surface area contributed by atoms with E-state index in [1.54, 1.807) is 11.0 Å². The van der Waals surface area contributed by atoms with E-state index in [4.69, 9.17) is 11.6 Å². The fourth-order valence-electron chi connectivity index (χ4n) is 2.57. The van der Waals surface area contributed by atoms with Gasteiger partial charge in [0.25, 0.3) is 5.91 Å². The number of halogens is 4. The lowest BCUT2D eigenvalue weighted by molar-refractivity contribution is -0.117. The number of carbonyl (C=O) groups excluding carboxylic acids is 2. The van der Waals surface area contributed by atoms with Gasteiger partial charge in [-0.05, 0) is 52.7 Å². The summed E-state index contributed by atoms with van der Waals surface area (Å²) in [5, 5.41) is 2.62. The smallest absolute Gasteiger partial charge is 0.420 e. The molecular weight excluding hydrogens is 448 g/mol. The van der Waals surface area contributed by atoms with E-state index in [0.717, 1.165) is 6.42 Å². The summed E-state index contributed by atoms with van der Waals surface area (Å²) in [6, 6.07) is 6.87. The Balaban J connectivity index is 1.69. The highest BCUT2D eigenvalue weighted by Crippen LogP contribution is 2.29. The van der Waals surface area contributed by atoms with Crippen LogP contribution in [0, 0.1) is 0 Å². The predicted molar refractivity (Wildman–Crippen MR) is 99.3 cm³/mol. The van der Waals surface area contributed by atoms with Crippen LogP contribution >= 0.6 is 27.5 Å². The van der Waals surface area contributed by atoms with E-state index in [0.29, 0.717) is 28.9 Å². The van der Waals surface area contributed by atoms with Gasteiger partial charge in [0.05, 0.1) is 10.0 Å². The van der Waals surface area contributed by atoms with Crippen LogP contribution in [-0.2, 0) is 4.79 Å². The van der Waals surface area contributed by atoms with Crippen molar-refractivity contribution in [1.82, 2.24) is 4.98 Å². The normalized spacial score (nSPS) is 14.4. The molecule has 142 valence electrons. The standard InChI is InChI=1S/C17H13BrClF2N3O3/c18-13-8-10(9-22-15(13)24-7-1-2-14(24)25)16(26)23-11-3-5-12(6-4-11)27-17(19,20)21/h3-6,8-9H,1-2,7H2,(H,23,26). The number of nitrogens with one attached hydrogen (secondary N) is 1. The minimum Gasteiger partial charge on any atom is -0.420 e. The number of carbonyl (C=O) groups is 2. The lowest BCUT2D eigenvalue weighted by Gasteiger charge is -2.16. The summed E-state index contributed by atoms with van der Waals surface area (Å²) >= 11 is 8.03. The molecule has 1 aromatic heterocycles. The number of nitrogens with zero attached hydrogens (tertiary/aromatic N) is 2. The second-order valence-electron chi connectivity index (χ2n) is 5.70. The van der Waals surface area contributed by atoms with Crippen molar-refractivity contribution in [1.29, 1.82) is 0 Å². The molecule has 0 radical (unpaired) electrons. The van der Waals surface area contributed by atoms with Gasteiger partial charge in [-0.1, -0.05) is 0 Å². The van der Waals surface area contributed by atoms with Gasteiger partial charge in [-0.25, -0.2) is 4.98 Å². The number of benzene rings is 1. The largest absolute Gasteiger partial charge is 0.487 e. The van der Waals surface area contributed by atoms with E-state index >= 15 is 0 Å². The average molecular weight is 461 g/mol. The molecule has 10 heteroatoms. The van der Waals surface area contributed by atoms with Crippen LogP contribution in [0.25, 0.3) is 0 Å². The molecule has 6 nitrogen and oxygen atoms in total. The third-order valence-corrected chi connectivity index (χ3v) is 4.42. The van der Waals surface area contributed by atoms with Crippen molar-refractivity contribution in [2.75, 3.05) is 16.8 Å². The first-order valence-electron chi connectivity index (χ1n) is 7.86. The van der Waals surface area contributed by atoms with Gasteiger partial charge >= 0.3 is 5.57 Å². The number of amides is 2. The monoisotopic (exact) mass is 459 g/mol. The van der Waals surface area contributed by atoms with Crippen LogP contribution in [0.2, 0.25) is 0 Å². The quantitative estimate of drug-likeness (QED) is 0.672. The summed E-state index contributed by atoms with van der Waals surface area (Å²) in [4.78, 5) is 29.9. The Hall–Kier alpha value is -2.26. The van der Waals surface area contributed by atoms with Crippen molar-refractivity contribution in [3.63, 3.8) is 0 Å². The molecule has 27 heavy (non-hydrogen) atoms. The first-order chi connectivity index (χ1) is 12.7. The molecule has 1 fully saturated rings. The van der Waals surface area contributed by atoms with E-state index in [9.17, 15) is 18.4 Å². The van der Waals surface area contributed by atoms with Gasteiger partial charge in [0.1, 0.15) is 11.6 Å². The molecule has 0 saturated carbocycles. The fraction of sp³-hybridized carbons (Fsp3) is 0.235. The van der Waals surface area contributed by atoms with Gasteiger partial charge in [-0.3, -0.25) is 14.5 Å². The van der Waals surface area contributed by atoms with Crippen LogP contribution in [0.5, 0.6) is 5.75 Å². The molecule has 0 bridgehead atoms. The number of alkyl halides is 3. The van der Waals surface area contributed by atoms with Gasteiger partial charge < -0.3 is 10.1 Å². The van der Waals surface area contributed by atoms with E-state index in [1.807, 2.05) is 0 Å². The van der Waals surface area contributed by atoms with Crippen LogP contribution in [0.3, 0.4) is 0 Å². The highest BCUT2D eigenvalue weighted by Gasteiger charge is 2.27. The molecule has 0 unspecified atom stereocenters. The molecule has 0 atom stereocenters. The molecule has 2 aromatic rings. The van der Waals surface area contributed by atoms with Crippen molar-refractivity contribution >= 4 is 50.9 Å². The summed E-state index contributed by atoms with van der Waals surface area (Å²) in [5.41, 5.74) is -3.16. The Morgan fingerprint density at radius 2 is 2.04 bits per heavy atom. The van der Waals surface area contributed by atoms with Crippen LogP contribution in [0.4, 0.5) is 20.3 Å². The summed E-state index contributed by atoms with van der Waals surface area (Å²) in [6.07, 6.45) is 2.61. The molecule has 0 spiro atoms. The molecule has 2 heterocycles. The maximum absolute atomic E-state index is 12.6. The minimum absolute atomic E-state index is 0.00904. The third kappa shape index (κ3) is 4.92. The van der Waals surface area contributed by atoms with Gasteiger partial charge in [0.2, 0.25) is 5.91 Å². The zero-order chi connectivity index (χ0) is 19.6. The maximum atomic E-state index is 12.6. The highest BCUT2D eigenvalue weighted by molar-refractivity contribution is 9.10. The Labute approximate surface area is 166 Å². The van der Waals surface area contributed by atoms with Crippen molar-refractivity contribution in [2.45, 2.75) is 18.4 Å². The molecule has 3 rings (SSSR count). The summed E-state index contributed by atoms with van der Waals surface area (Å²) < 4.78 is 29.9. The maximum Gasteiger partial charge on any atom is 0.487 e. The Morgan fingerprint density at radius 1 is 1.33 bits per heavy atom. The van der Waals surface area contributed by atoms with Crippen LogP contribution in [0.1, 0.15) is 23.2 Å². The fourth-order valence-corrected chi connectivity index (χ4v) is 3.22. The lowest BCUT2D eigenvalue weighted by Crippen LogP contribution is -2.25. The minimum atomic E-state index is -3.80. The molecule has 1 N–H and O–H groups in total. The van der Waals surface area contributed by atoms with Crippen molar-refractivity contribution in [2.24, 2.45) is 0 Å². The summed E-state index contributed by atoms with van der Waals surface area (Å²) in [6.45, 7) is 0.589. The molecular formula is C17H13BrClF2N3O3. The van der Waals surface area contributed by atoms with Crippen molar-refractivity contribution < 1.29 is 23.1 Å². The number of hydrogen-bond donors (Lipinski definition) is 1. The number of hydrogen-bond acceptors (Lipinski definition) is 4. The Kier molecular flexibility index (Phi) is 5.61. The molecule has 0 aliphatic carbocycles. The van der Waals surface area contributed by atoms with Crippen molar-refractivity contribution in [3.05, 3.63) is 46.6 Å². The zero-order valence-corrected chi connectivity index (χ0v) is 16.1. The highest BCUT2D eigenvalue weighted by atomic mass is 79.9. The first kappa shape index (κ1) is 19.5. The van der Waals surface area contributed by atoms with Gasteiger partial charge in [-0.2, -0.15) is 0 Å². The first-order valence-corrected chi connectivity index (χ1v) is 9.03.